The quantitative estimate of drug-likeness (QED) is 0.375. The molecule has 0 aromatic heterocycles. The van der Waals surface area contributed by atoms with E-state index in [-0.39, 0.29) is 0 Å². The van der Waals surface area contributed by atoms with Gasteiger partial charge in [-0.3, -0.25) is 9.59 Å². The number of rotatable bonds is 3. The van der Waals surface area contributed by atoms with Gasteiger partial charge in [-0.1, -0.05) is 0 Å². The van der Waals surface area contributed by atoms with Gasteiger partial charge in [-0.15, -0.1) is 0 Å². The van der Waals surface area contributed by atoms with E-state index >= 15 is 0 Å². The largest absolute Gasteiger partial charge is 0.391 e. The third kappa shape index (κ3) is 3.22. The summed E-state index contributed by atoms with van der Waals surface area (Å²) in [6.07, 6.45) is 0. The minimum absolute atomic E-state index is 0.420. The first-order chi connectivity index (χ1) is 5.49. The Hall–Kier alpha value is -1.27. The number of hydrogen-bond acceptors (Lipinski definition) is 6. The van der Waals surface area contributed by atoms with Crippen molar-refractivity contribution in [2.45, 2.75) is 13.0 Å². The molecule has 0 fully saturated rings. The summed E-state index contributed by atoms with van der Waals surface area (Å²) in [5, 5.41) is 0. The minimum atomic E-state index is -1.40. The monoisotopic (exact) mass is 174 g/mol. The van der Waals surface area contributed by atoms with E-state index in [2.05, 4.69) is 4.74 Å². The van der Waals surface area contributed by atoms with E-state index in [1.54, 1.807) is 0 Å². The van der Waals surface area contributed by atoms with E-state index < -0.39 is 30.3 Å². The van der Waals surface area contributed by atoms with Crippen molar-refractivity contribution in [3.63, 3.8) is 0 Å². The molecule has 0 aromatic rings. The minimum Gasteiger partial charge on any atom is -0.391 e. The van der Waals surface area contributed by atoms with Gasteiger partial charge in [0, 0.05) is 0 Å². The zero-order chi connectivity index (χ0) is 9.72. The normalized spacial score (nSPS) is 11.9. The van der Waals surface area contributed by atoms with Gasteiger partial charge in [-0.25, -0.2) is 4.79 Å². The van der Waals surface area contributed by atoms with Crippen LogP contribution in [0.25, 0.3) is 0 Å². The Morgan fingerprint density at radius 3 is 2.25 bits per heavy atom. The molecule has 0 aliphatic heterocycles. The predicted octanol–water partition coefficient (Wildman–Crippen LogP) is -2.07. The first-order valence-corrected chi connectivity index (χ1v) is 3.19. The molecule has 0 amide bonds. The lowest BCUT2D eigenvalue weighted by Gasteiger charge is -2.05. The highest BCUT2D eigenvalue weighted by Crippen LogP contribution is 1.87. The van der Waals surface area contributed by atoms with Crippen LogP contribution in [-0.4, -0.2) is 30.3 Å². The van der Waals surface area contributed by atoms with Crippen molar-refractivity contribution in [3.8, 4) is 0 Å². The zero-order valence-electron chi connectivity index (χ0n) is 6.57. The lowest BCUT2D eigenvalue weighted by atomic mass is 10.2. The van der Waals surface area contributed by atoms with Gasteiger partial charge >= 0.3 is 11.9 Å². The number of hydrogen-bond donors (Lipinski definition) is 2. The smallest absolute Gasteiger partial charge is 0.338 e. The molecule has 0 bridgehead atoms. The van der Waals surface area contributed by atoms with Gasteiger partial charge in [0.2, 0.25) is 0 Å². The maximum Gasteiger partial charge on any atom is 0.338 e. The van der Waals surface area contributed by atoms with Crippen LogP contribution in [-0.2, 0) is 19.1 Å². The number of carbonyl (C=O) groups is 3. The zero-order valence-corrected chi connectivity index (χ0v) is 6.57. The average molecular weight is 174 g/mol. The van der Waals surface area contributed by atoms with Crippen molar-refractivity contribution in [2.24, 2.45) is 11.5 Å². The summed E-state index contributed by atoms with van der Waals surface area (Å²) >= 11 is 0. The molecule has 0 rings (SSSR count). The molecule has 0 aromatic carbocycles. The highest BCUT2D eigenvalue weighted by Gasteiger charge is 2.21. The van der Waals surface area contributed by atoms with E-state index in [0.29, 0.717) is 0 Å². The Labute approximate surface area is 68.8 Å². The molecule has 1 unspecified atom stereocenters. The van der Waals surface area contributed by atoms with Crippen LogP contribution in [0, 0.1) is 0 Å². The Kier molecular flexibility index (Phi) is 4.09. The van der Waals surface area contributed by atoms with Gasteiger partial charge in [0.15, 0.2) is 11.8 Å². The molecule has 0 saturated heterocycles. The van der Waals surface area contributed by atoms with Crippen molar-refractivity contribution >= 4 is 17.7 Å². The molecule has 4 N–H and O–H groups in total. The average Bonchev–Trinajstić information content (AvgIpc) is 2.02. The van der Waals surface area contributed by atoms with Gasteiger partial charge in [0.1, 0.15) is 0 Å². The van der Waals surface area contributed by atoms with Crippen molar-refractivity contribution in [1.29, 1.82) is 0 Å². The van der Waals surface area contributed by atoms with Crippen LogP contribution in [0.1, 0.15) is 6.92 Å². The lowest BCUT2D eigenvalue weighted by Crippen LogP contribution is -2.40. The van der Waals surface area contributed by atoms with Crippen LogP contribution in [0.4, 0.5) is 0 Å². The molecule has 0 heterocycles. The van der Waals surface area contributed by atoms with Gasteiger partial charge in [0.25, 0.3) is 0 Å². The van der Waals surface area contributed by atoms with E-state index in [4.69, 9.17) is 11.5 Å². The maximum atomic E-state index is 10.7. The molecular formula is C6H10N2O4. The number of Topliss-reactive ketones (excluding diaryl/α,β-unsaturated/α-hetero) is 1. The second kappa shape index (κ2) is 4.58. The van der Waals surface area contributed by atoms with Crippen LogP contribution in [0.3, 0.4) is 0 Å². The lowest BCUT2D eigenvalue weighted by molar-refractivity contribution is -0.160. The number of nitrogens with two attached hydrogens (primary N) is 2. The summed E-state index contributed by atoms with van der Waals surface area (Å²) in [5.74, 6) is -2.54. The van der Waals surface area contributed by atoms with Crippen molar-refractivity contribution < 1.29 is 19.1 Å². The molecule has 12 heavy (non-hydrogen) atoms. The molecule has 0 radical (unpaired) electrons. The Morgan fingerprint density at radius 1 is 1.42 bits per heavy atom. The first-order valence-electron chi connectivity index (χ1n) is 3.19. The summed E-state index contributed by atoms with van der Waals surface area (Å²) in [7, 11) is 0. The number of esters is 2. The van der Waals surface area contributed by atoms with Crippen molar-refractivity contribution in [3.05, 3.63) is 0 Å². The molecule has 68 valence electrons. The Morgan fingerprint density at radius 2 is 1.92 bits per heavy atom. The molecule has 6 nitrogen and oxygen atoms in total. The highest BCUT2D eigenvalue weighted by atomic mass is 16.6. The van der Waals surface area contributed by atoms with E-state index in [0.717, 1.165) is 6.92 Å². The number of ketones is 1. The molecule has 1 atom stereocenters. The molecule has 0 aliphatic carbocycles. The number of carbonyl (C=O) groups excluding carboxylic acids is 3. The van der Waals surface area contributed by atoms with E-state index in [1.165, 1.54) is 0 Å². The fourth-order valence-corrected chi connectivity index (χ4v) is 0.383. The molecule has 0 aliphatic rings. The van der Waals surface area contributed by atoms with Crippen LogP contribution in [0.5, 0.6) is 0 Å². The van der Waals surface area contributed by atoms with Crippen LogP contribution >= 0.6 is 0 Å². The summed E-state index contributed by atoms with van der Waals surface area (Å²) < 4.78 is 4.07. The summed E-state index contributed by atoms with van der Waals surface area (Å²) in [4.78, 5) is 31.6. The summed E-state index contributed by atoms with van der Waals surface area (Å²) in [6, 6.07) is -1.40. The van der Waals surface area contributed by atoms with Gasteiger partial charge in [-0.05, 0) is 6.92 Å². The highest BCUT2D eigenvalue weighted by molar-refractivity contribution is 6.04. The van der Waals surface area contributed by atoms with Gasteiger partial charge in [-0.2, -0.15) is 0 Å². The summed E-state index contributed by atoms with van der Waals surface area (Å²) in [6.45, 7) is 0.704. The predicted molar refractivity (Wildman–Crippen MR) is 38.8 cm³/mol. The van der Waals surface area contributed by atoms with E-state index in [9.17, 15) is 14.4 Å². The van der Waals surface area contributed by atoms with E-state index in [1.807, 2.05) is 0 Å². The maximum absolute atomic E-state index is 10.7. The Balaban J connectivity index is 4.04. The topological polar surface area (TPSA) is 112 Å². The first kappa shape index (κ1) is 10.7. The van der Waals surface area contributed by atoms with Crippen molar-refractivity contribution in [1.82, 2.24) is 0 Å². The SMILES string of the molecule is CC(=O)C(N)C(=O)OC(=O)CN. The third-order valence-electron chi connectivity index (χ3n) is 1.07. The van der Waals surface area contributed by atoms with Crippen molar-refractivity contribution in [2.75, 3.05) is 6.54 Å². The second-order valence-electron chi connectivity index (χ2n) is 2.09. The second-order valence-corrected chi connectivity index (χ2v) is 2.09. The van der Waals surface area contributed by atoms with Gasteiger partial charge in [0.05, 0.1) is 6.54 Å². The Bertz CT molecular complexity index is 214. The summed E-state index contributed by atoms with van der Waals surface area (Å²) in [5.41, 5.74) is 9.89. The fraction of sp³-hybridized carbons (Fsp3) is 0.500. The molecule has 0 spiro atoms. The fourth-order valence-electron chi connectivity index (χ4n) is 0.383. The van der Waals surface area contributed by atoms with Crippen LogP contribution in [0.15, 0.2) is 0 Å². The standard InChI is InChI=1S/C6H10N2O4/c1-3(9)5(8)6(11)12-4(10)2-7/h5H,2,7-8H2,1H3. The van der Waals surface area contributed by atoms with Crippen LogP contribution in [0.2, 0.25) is 0 Å². The molecular weight excluding hydrogens is 164 g/mol. The molecule has 6 heteroatoms. The number of ether oxygens (including phenoxy) is 1. The molecule has 0 saturated carbocycles. The third-order valence-corrected chi connectivity index (χ3v) is 1.07. The van der Waals surface area contributed by atoms with Gasteiger partial charge < -0.3 is 16.2 Å². The van der Waals surface area contributed by atoms with Crippen LogP contribution < -0.4 is 11.5 Å².